The summed E-state index contributed by atoms with van der Waals surface area (Å²) in [5.74, 6) is 1.12. The molecule has 1 amide bonds. The molecule has 6 heteroatoms. The van der Waals surface area contributed by atoms with Crippen LogP contribution in [0.15, 0.2) is 54.2 Å². The fraction of sp³-hybridized carbons (Fsp3) is 0.333. The van der Waals surface area contributed by atoms with Crippen LogP contribution in [0.2, 0.25) is 0 Å². The van der Waals surface area contributed by atoms with Gasteiger partial charge in [-0.2, -0.15) is 5.26 Å². The molecule has 2 aromatic carbocycles. The van der Waals surface area contributed by atoms with Crippen LogP contribution in [0.3, 0.4) is 0 Å². The molecule has 0 heterocycles. The molecule has 0 fully saturated rings. The third-order valence-corrected chi connectivity index (χ3v) is 4.61. The molecular formula is C24H29N3O3. The molecule has 158 valence electrons. The normalized spacial score (nSPS) is 11.9. The van der Waals surface area contributed by atoms with Gasteiger partial charge in [0.1, 0.15) is 23.1 Å². The van der Waals surface area contributed by atoms with Crippen molar-refractivity contribution in [2.45, 2.75) is 33.2 Å². The molecule has 0 aromatic heterocycles. The molecule has 2 N–H and O–H groups in total. The third kappa shape index (κ3) is 6.56. The highest BCUT2D eigenvalue weighted by Gasteiger charge is 2.17. The molecule has 0 aliphatic heterocycles. The van der Waals surface area contributed by atoms with E-state index in [1.54, 1.807) is 7.11 Å². The Hall–Kier alpha value is -3.46. The van der Waals surface area contributed by atoms with Crippen molar-refractivity contribution < 1.29 is 14.3 Å². The van der Waals surface area contributed by atoms with Crippen molar-refractivity contribution in [2.75, 3.05) is 20.3 Å². The number of nitrogens with zero attached hydrogens (tertiary/aromatic N) is 1. The number of methoxy groups -OCH3 is 1. The van der Waals surface area contributed by atoms with E-state index < -0.39 is 5.91 Å². The molecule has 2 aromatic rings. The second kappa shape index (κ2) is 11.5. The Balaban J connectivity index is 1.95. The maximum absolute atomic E-state index is 12.6. The fourth-order valence-corrected chi connectivity index (χ4v) is 2.98. The van der Waals surface area contributed by atoms with E-state index in [9.17, 15) is 10.1 Å². The van der Waals surface area contributed by atoms with Crippen molar-refractivity contribution in [2.24, 2.45) is 0 Å². The fourth-order valence-electron chi connectivity index (χ4n) is 2.98. The number of carbonyl (C=O) groups is 1. The number of rotatable bonds is 10. The summed E-state index contributed by atoms with van der Waals surface area (Å²) in [6.07, 6.45) is 2.23. The van der Waals surface area contributed by atoms with Gasteiger partial charge >= 0.3 is 0 Å². The van der Waals surface area contributed by atoms with E-state index in [1.807, 2.05) is 69.3 Å². The van der Waals surface area contributed by atoms with Crippen LogP contribution in [-0.4, -0.2) is 26.2 Å². The van der Waals surface area contributed by atoms with Gasteiger partial charge in [0.15, 0.2) is 0 Å². The number of aryl methyl sites for hydroxylation is 1. The van der Waals surface area contributed by atoms with Crippen LogP contribution >= 0.6 is 0 Å². The lowest BCUT2D eigenvalue weighted by atomic mass is 10.0. The van der Waals surface area contributed by atoms with Crippen LogP contribution in [0.25, 0.3) is 0 Å². The highest BCUT2D eigenvalue weighted by Crippen LogP contribution is 2.26. The predicted molar refractivity (Wildman–Crippen MR) is 117 cm³/mol. The van der Waals surface area contributed by atoms with Crippen molar-refractivity contribution in [1.29, 1.82) is 5.26 Å². The molecule has 0 saturated heterocycles. The van der Waals surface area contributed by atoms with Crippen LogP contribution in [-0.2, 0) is 11.2 Å². The lowest BCUT2D eigenvalue weighted by molar-refractivity contribution is -0.117. The van der Waals surface area contributed by atoms with E-state index in [0.717, 1.165) is 34.6 Å². The van der Waals surface area contributed by atoms with Crippen molar-refractivity contribution in [1.82, 2.24) is 10.6 Å². The topological polar surface area (TPSA) is 83.4 Å². The summed E-state index contributed by atoms with van der Waals surface area (Å²) < 4.78 is 10.8. The molecule has 0 spiro atoms. The zero-order valence-corrected chi connectivity index (χ0v) is 18.0. The molecule has 0 saturated carbocycles. The van der Waals surface area contributed by atoms with E-state index in [2.05, 4.69) is 10.6 Å². The molecule has 30 heavy (non-hydrogen) atoms. The first-order valence-corrected chi connectivity index (χ1v) is 9.99. The molecule has 1 atom stereocenters. The summed E-state index contributed by atoms with van der Waals surface area (Å²) in [6.45, 7) is 6.92. The summed E-state index contributed by atoms with van der Waals surface area (Å²) in [5, 5.41) is 15.3. The van der Waals surface area contributed by atoms with Crippen molar-refractivity contribution in [3.8, 4) is 17.6 Å². The highest BCUT2D eigenvalue weighted by atomic mass is 16.5. The van der Waals surface area contributed by atoms with Crippen molar-refractivity contribution in [3.63, 3.8) is 0 Å². The second-order valence-corrected chi connectivity index (χ2v) is 6.89. The van der Waals surface area contributed by atoms with Gasteiger partial charge in [0, 0.05) is 18.3 Å². The first kappa shape index (κ1) is 22.8. The van der Waals surface area contributed by atoms with E-state index >= 15 is 0 Å². The van der Waals surface area contributed by atoms with Gasteiger partial charge in [-0.15, -0.1) is 0 Å². The summed E-state index contributed by atoms with van der Waals surface area (Å²) >= 11 is 0. The summed E-state index contributed by atoms with van der Waals surface area (Å²) in [5.41, 5.74) is 3.12. The largest absolute Gasteiger partial charge is 0.497 e. The van der Waals surface area contributed by atoms with Crippen LogP contribution in [0.5, 0.6) is 11.5 Å². The Bertz CT molecular complexity index is 914. The second-order valence-electron chi connectivity index (χ2n) is 6.89. The van der Waals surface area contributed by atoms with Crippen LogP contribution in [0.1, 0.15) is 36.6 Å². The van der Waals surface area contributed by atoms with E-state index in [0.29, 0.717) is 13.2 Å². The molecule has 0 radical (unpaired) electrons. The molecule has 0 aliphatic rings. The smallest absolute Gasteiger partial charge is 0.263 e. The standard InChI is InChI=1S/C24H29N3O3/c1-5-30-23-11-6-17(2)14-22(23)18(3)27-24(28)20(15-25)16-26-13-12-19-7-9-21(29-4)10-8-19/h6-11,14,16,18,26H,5,12-13H2,1-4H3,(H,27,28)/b20-16-. The van der Waals surface area contributed by atoms with Crippen molar-refractivity contribution >= 4 is 5.91 Å². The van der Waals surface area contributed by atoms with Crippen LogP contribution in [0.4, 0.5) is 0 Å². The van der Waals surface area contributed by atoms with Crippen LogP contribution < -0.4 is 20.1 Å². The number of nitriles is 1. The van der Waals surface area contributed by atoms with Gasteiger partial charge in [-0.3, -0.25) is 4.79 Å². The van der Waals surface area contributed by atoms with Gasteiger partial charge in [-0.25, -0.2) is 0 Å². The maximum Gasteiger partial charge on any atom is 0.263 e. The average Bonchev–Trinajstić information content (AvgIpc) is 2.75. The van der Waals surface area contributed by atoms with E-state index in [-0.39, 0.29) is 11.6 Å². The Labute approximate surface area is 178 Å². The number of carbonyl (C=O) groups excluding carboxylic acids is 1. The summed E-state index contributed by atoms with van der Waals surface area (Å²) in [4.78, 5) is 12.6. The Morgan fingerprint density at radius 1 is 1.23 bits per heavy atom. The molecule has 2 rings (SSSR count). The number of hydrogen-bond donors (Lipinski definition) is 2. The highest BCUT2D eigenvalue weighted by molar-refractivity contribution is 5.97. The summed E-state index contributed by atoms with van der Waals surface area (Å²) in [7, 11) is 1.63. The number of benzene rings is 2. The first-order valence-electron chi connectivity index (χ1n) is 9.99. The predicted octanol–water partition coefficient (Wildman–Crippen LogP) is 3.82. The van der Waals surface area contributed by atoms with Crippen molar-refractivity contribution in [3.05, 3.63) is 70.9 Å². The zero-order chi connectivity index (χ0) is 21.9. The Morgan fingerprint density at radius 3 is 2.60 bits per heavy atom. The quantitative estimate of drug-likeness (QED) is 0.355. The van der Waals surface area contributed by atoms with E-state index in [4.69, 9.17) is 9.47 Å². The minimum atomic E-state index is -0.425. The van der Waals surface area contributed by atoms with Gasteiger partial charge in [0.2, 0.25) is 0 Å². The SMILES string of the molecule is CCOc1ccc(C)cc1C(C)NC(=O)/C(C#N)=C\NCCc1ccc(OC)cc1. The third-order valence-electron chi connectivity index (χ3n) is 4.61. The van der Waals surface area contributed by atoms with Gasteiger partial charge < -0.3 is 20.1 Å². The molecule has 0 bridgehead atoms. The molecular weight excluding hydrogens is 378 g/mol. The van der Waals surface area contributed by atoms with Gasteiger partial charge in [-0.1, -0.05) is 29.8 Å². The average molecular weight is 408 g/mol. The monoisotopic (exact) mass is 407 g/mol. The lowest BCUT2D eigenvalue weighted by Gasteiger charge is -2.18. The minimum Gasteiger partial charge on any atom is -0.497 e. The molecule has 0 aliphatic carbocycles. The number of nitrogens with one attached hydrogen (secondary N) is 2. The van der Waals surface area contributed by atoms with E-state index in [1.165, 1.54) is 6.20 Å². The minimum absolute atomic E-state index is 0.0298. The lowest BCUT2D eigenvalue weighted by Crippen LogP contribution is -2.29. The Morgan fingerprint density at radius 2 is 1.97 bits per heavy atom. The van der Waals surface area contributed by atoms with Gasteiger partial charge in [0.05, 0.1) is 19.8 Å². The zero-order valence-electron chi connectivity index (χ0n) is 18.0. The first-order chi connectivity index (χ1) is 14.5. The number of hydrogen-bond acceptors (Lipinski definition) is 5. The number of amides is 1. The molecule has 6 nitrogen and oxygen atoms in total. The van der Waals surface area contributed by atoms with Crippen LogP contribution in [0, 0.1) is 18.3 Å². The Kier molecular flexibility index (Phi) is 8.76. The summed E-state index contributed by atoms with van der Waals surface area (Å²) in [6, 6.07) is 15.3. The van der Waals surface area contributed by atoms with Gasteiger partial charge in [-0.05, 0) is 51.0 Å². The number of ether oxygens (including phenoxy) is 2. The molecule has 1 unspecified atom stereocenters. The maximum atomic E-state index is 12.6. The van der Waals surface area contributed by atoms with Gasteiger partial charge in [0.25, 0.3) is 5.91 Å².